The Kier molecular flexibility index (Phi) is 6.52. The maximum atomic E-state index is 3.45. The van der Waals surface area contributed by atoms with Gasteiger partial charge in [-0.25, -0.2) is 0 Å². The molecule has 1 aliphatic heterocycles. The van der Waals surface area contributed by atoms with Crippen molar-refractivity contribution in [3.8, 4) is 0 Å². The predicted octanol–water partition coefficient (Wildman–Crippen LogP) is 3.28. The van der Waals surface area contributed by atoms with Gasteiger partial charge in [0, 0.05) is 51.0 Å². The van der Waals surface area contributed by atoms with Gasteiger partial charge in [-0.1, -0.05) is 25.5 Å². The van der Waals surface area contributed by atoms with Crippen LogP contribution in [0.4, 0.5) is 5.69 Å². The van der Waals surface area contributed by atoms with Crippen molar-refractivity contribution in [2.75, 3.05) is 44.2 Å². The van der Waals surface area contributed by atoms with Crippen LogP contribution in [0.25, 0.3) is 0 Å². The second-order valence-electron chi connectivity index (χ2n) is 5.85. The summed E-state index contributed by atoms with van der Waals surface area (Å²) in [7, 11) is 0. The maximum Gasteiger partial charge on any atom is 0.0366 e. The van der Waals surface area contributed by atoms with Gasteiger partial charge in [0.2, 0.25) is 0 Å². The average Bonchev–Trinajstić information content (AvgIpc) is 2.55. The molecule has 1 fully saturated rings. The standard InChI is InChI=1S/C18H31N3/c1-4-7-18(21-14-12-19-13-15-21)16-8-10-17(11-9-16)20(5-2)6-3/h8-11,18-19H,4-7,12-15H2,1-3H3/t18-/m0/s1. The molecule has 0 saturated carbocycles. The fraction of sp³-hybridized carbons (Fsp3) is 0.667. The molecule has 1 aromatic carbocycles. The first kappa shape index (κ1) is 16.3. The van der Waals surface area contributed by atoms with Gasteiger partial charge in [0.1, 0.15) is 0 Å². The van der Waals surface area contributed by atoms with E-state index in [1.807, 2.05) is 0 Å². The predicted molar refractivity (Wildman–Crippen MR) is 92.1 cm³/mol. The number of piperazine rings is 1. The van der Waals surface area contributed by atoms with Crippen molar-refractivity contribution in [1.82, 2.24) is 10.2 Å². The van der Waals surface area contributed by atoms with Gasteiger partial charge in [-0.3, -0.25) is 4.90 Å². The molecule has 0 radical (unpaired) electrons. The number of rotatable bonds is 7. The molecule has 21 heavy (non-hydrogen) atoms. The van der Waals surface area contributed by atoms with Gasteiger partial charge >= 0.3 is 0 Å². The normalized spacial score (nSPS) is 17.7. The number of benzene rings is 1. The van der Waals surface area contributed by atoms with Crippen molar-refractivity contribution in [2.45, 2.75) is 39.7 Å². The molecule has 3 nitrogen and oxygen atoms in total. The molecule has 118 valence electrons. The average molecular weight is 289 g/mol. The first-order valence-corrected chi connectivity index (χ1v) is 8.59. The molecule has 0 bridgehead atoms. The topological polar surface area (TPSA) is 18.5 Å². The van der Waals surface area contributed by atoms with E-state index in [1.54, 1.807) is 0 Å². The van der Waals surface area contributed by atoms with Crippen molar-refractivity contribution in [2.24, 2.45) is 0 Å². The quantitative estimate of drug-likeness (QED) is 0.831. The summed E-state index contributed by atoms with van der Waals surface area (Å²) in [4.78, 5) is 5.05. The third-order valence-electron chi connectivity index (χ3n) is 4.56. The third-order valence-corrected chi connectivity index (χ3v) is 4.56. The first-order chi connectivity index (χ1) is 10.3. The molecule has 1 atom stereocenters. The monoisotopic (exact) mass is 289 g/mol. The molecule has 1 aromatic rings. The largest absolute Gasteiger partial charge is 0.372 e. The fourth-order valence-corrected chi connectivity index (χ4v) is 3.32. The molecule has 1 saturated heterocycles. The molecular weight excluding hydrogens is 258 g/mol. The lowest BCUT2D eigenvalue weighted by atomic mass is 9.99. The van der Waals surface area contributed by atoms with Crippen molar-refractivity contribution >= 4 is 5.69 Å². The van der Waals surface area contributed by atoms with Crippen LogP contribution in [-0.2, 0) is 0 Å². The van der Waals surface area contributed by atoms with E-state index < -0.39 is 0 Å². The number of hydrogen-bond acceptors (Lipinski definition) is 3. The van der Waals surface area contributed by atoms with Crippen molar-refractivity contribution < 1.29 is 0 Å². The summed E-state index contributed by atoms with van der Waals surface area (Å²) >= 11 is 0. The Hall–Kier alpha value is -1.06. The minimum absolute atomic E-state index is 0.586. The van der Waals surface area contributed by atoms with E-state index in [1.165, 1.54) is 37.2 Å². The lowest BCUT2D eigenvalue weighted by Crippen LogP contribution is -2.45. The summed E-state index contributed by atoms with van der Waals surface area (Å²) in [6.07, 6.45) is 2.50. The molecule has 0 spiro atoms. The van der Waals surface area contributed by atoms with Crippen LogP contribution in [0, 0.1) is 0 Å². The van der Waals surface area contributed by atoms with E-state index in [0.717, 1.165) is 26.2 Å². The van der Waals surface area contributed by atoms with E-state index in [9.17, 15) is 0 Å². The van der Waals surface area contributed by atoms with Gasteiger partial charge in [-0.2, -0.15) is 0 Å². The van der Waals surface area contributed by atoms with Crippen LogP contribution < -0.4 is 10.2 Å². The Morgan fingerprint density at radius 3 is 2.19 bits per heavy atom. The van der Waals surface area contributed by atoms with Gasteiger partial charge in [0.05, 0.1) is 0 Å². The highest BCUT2D eigenvalue weighted by molar-refractivity contribution is 5.47. The van der Waals surface area contributed by atoms with Crippen LogP contribution in [-0.4, -0.2) is 44.2 Å². The van der Waals surface area contributed by atoms with E-state index in [4.69, 9.17) is 0 Å². The van der Waals surface area contributed by atoms with Gasteiger partial charge in [0.15, 0.2) is 0 Å². The molecular formula is C18H31N3. The maximum absolute atomic E-state index is 3.45. The van der Waals surface area contributed by atoms with E-state index in [2.05, 4.69) is 60.2 Å². The summed E-state index contributed by atoms with van der Waals surface area (Å²) in [6.45, 7) is 13.5. The second-order valence-corrected chi connectivity index (χ2v) is 5.85. The Balaban J connectivity index is 2.12. The molecule has 2 rings (SSSR count). The van der Waals surface area contributed by atoms with Crippen LogP contribution in [0.5, 0.6) is 0 Å². The summed E-state index contributed by atoms with van der Waals surface area (Å²) < 4.78 is 0. The molecule has 0 unspecified atom stereocenters. The zero-order valence-electron chi connectivity index (χ0n) is 13.9. The highest BCUT2D eigenvalue weighted by Crippen LogP contribution is 2.27. The number of nitrogens with one attached hydrogen (secondary N) is 1. The smallest absolute Gasteiger partial charge is 0.0366 e. The highest BCUT2D eigenvalue weighted by atomic mass is 15.2. The van der Waals surface area contributed by atoms with Crippen molar-refractivity contribution in [1.29, 1.82) is 0 Å². The first-order valence-electron chi connectivity index (χ1n) is 8.59. The molecule has 3 heteroatoms. The van der Waals surface area contributed by atoms with Crippen LogP contribution in [0.2, 0.25) is 0 Å². The van der Waals surface area contributed by atoms with Gasteiger partial charge in [-0.15, -0.1) is 0 Å². The van der Waals surface area contributed by atoms with E-state index >= 15 is 0 Å². The molecule has 0 amide bonds. The van der Waals surface area contributed by atoms with E-state index in [-0.39, 0.29) is 0 Å². The SMILES string of the molecule is CCC[C@@H](c1ccc(N(CC)CC)cc1)N1CCNCC1. The minimum Gasteiger partial charge on any atom is -0.372 e. The van der Waals surface area contributed by atoms with E-state index in [0.29, 0.717) is 6.04 Å². The zero-order valence-corrected chi connectivity index (χ0v) is 13.9. The molecule has 1 heterocycles. The molecule has 0 aliphatic carbocycles. The van der Waals surface area contributed by atoms with Crippen LogP contribution in [0.15, 0.2) is 24.3 Å². The highest BCUT2D eigenvalue weighted by Gasteiger charge is 2.21. The Labute approximate surface area is 130 Å². The minimum atomic E-state index is 0.586. The summed E-state index contributed by atoms with van der Waals surface area (Å²) in [5.74, 6) is 0. The number of anilines is 1. The molecule has 0 aromatic heterocycles. The number of nitrogens with zero attached hydrogens (tertiary/aromatic N) is 2. The lowest BCUT2D eigenvalue weighted by molar-refractivity contribution is 0.164. The Bertz CT molecular complexity index is 391. The fourth-order valence-electron chi connectivity index (χ4n) is 3.32. The Morgan fingerprint density at radius 1 is 1.05 bits per heavy atom. The summed E-state index contributed by atoms with van der Waals surface area (Å²) in [5, 5.41) is 3.45. The number of hydrogen-bond donors (Lipinski definition) is 1. The second kappa shape index (κ2) is 8.40. The van der Waals surface area contributed by atoms with Crippen LogP contribution in [0.3, 0.4) is 0 Å². The summed E-state index contributed by atoms with van der Waals surface area (Å²) in [5.41, 5.74) is 2.83. The summed E-state index contributed by atoms with van der Waals surface area (Å²) in [6, 6.07) is 9.87. The Morgan fingerprint density at radius 2 is 1.67 bits per heavy atom. The molecule has 1 N–H and O–H groups in total. The van der Waals surface area contributed by atoms with Crippen molar-refractivity contribution in [3.63, 3.8) is 0 Å². The lowest BCUT2D eigenvalue weighted by Gasteiger charge is -2.35. The van der Waals surface area contributed by atoms with Gasteiger partial charge in [0.25, 0.3) is 0 Å². The van der Waals surface area contributed by atoms with Crippen LogP contribution >= 0.6 is 0 Å². The third kappa shape index (κ3) is 4.21. The zero-order chi connectivity index (χ0) is 15.1. The van der Waals surface area contributed by atoms with Crippen molar-refractivity contribution in [3.05, 3.63) is 29.8 Å². The molecule has 1 aliphatic rings. The van der Waals surface area contributed by atoms with Gasteiger partial charge < -0.3 is 10.2 Å². The van der Waals surface area contributed by atoms with Gasteiger partial charge in [-0.05, 0) is 38.0 Å². The van der Waals surface area contributed by atoms with Crippen LogP contribution in [0.1, 0.15) is 45.2 Å².